The Kier molecular flexibility index (Phi) is 4.85. The minimum Gasteiger partial charge on any atom is -0.492 e. The summed E-state index contributed by atoms with van der Waals surface area (Å²) in [4.78, 5) is 25.6. The molecule has 1 aliphatic rings. The average Bonchev–Trinajstić information content (AvgIpc) is 3.13. The molecule has 1 saturated heterocycles. The lowest BCUT2D eigenvalue weighted by Crippen LogP contribution is -2.49. The summed E-state index contributed by atoms with van der Waals surface area (Å²) in [7, 11) is 0. The zero-order valence-corrected chi connectivity index (χ0v) is 16.4. The minimum absolute atomic E-state index is 0.153. The first-order valence-electron chi connectivity index (χ1n) is 9.54. The summed E-state index contributed by atoms with van der Waals surface area (Å²) < 4.78 is 7.36. The van der Waals surface area contributed by atoms with E-state index in [1.54, 1.807) is 9.42 Å². The Morgan fingerprint density at radius 3 is 2.61 bits per heavy atom. The maximum atomic E-state index is 12.9. The number of para-hydroxylation sites is 2. The van der Waals surface area contributed by atoms with Crippen LogP contribution in [0.4, 0.5) is 5.69 Å². The first-order valence-corrected chi connectivity index (χ1v) is 9.54. The lowest BCUT2D eigenvalue weighted by Gasteiger charge is -2.36. The van der Waals surface area contributed by atoms with Crippen LogP contribution in [0.15, 0.2) is 30.3 Å². The van der Waals surface area contributed by atoms with Crippen LogP contribution in [-0.4, -0.2) is 63.2 Å². The fourth-order valence-corrected chi connectivity index (χ4v) is 3.54. The number of benzene rings is 1. The van der Waals surface area contributed by atoms with Crippen molar-refractivity contribution in [2.24, 2.45) is 0 Å². The topological polar surface area (TPSA) is 75.9 Å². The van der Waals surface area contributed by atoms with Gasteiger partial charge in [0.2, 0.25) is 5.82 Å². The Labute approximate surface area is 163 Å². The molecule has 1 aliphatic heterocycles. The fraction of sp³-hybridized carbons (Fsp3) is 0.400. The molecule has 1 aromatic carbocycles. The summed E-state index contributed by atoms with van der Waals surface area (Å²) in [5.41, 5.74) is 2.84. The maximum Gasteiger partial charge on any atom is 0.293 e. The number of hydrogen-bond acceptors (Lipinski definition) is 6. The number of ether oxygens (including phenoxy) is 1. The zero-order valence-electron chi connectivity index (χ0n) is 16.4. The van der Waals surface area contributed by atoms with Crippen LogP contribution in [0.5, 0.6) is 5.75 Å². The van der Waals surface area contributed by atoms with E-state index >= 15 is 0 Å². The number of carbonyl (C=O) groups is 1. The molecule has 1 fully saturated rings. The van der Waals surface area contributed by atoms with E-state index < -0.39 is 0 Å². The molecule has 0 saturated carbocycles. The van der Waals surface area contributed by atoms with Gasteiger partial charge in [-0.25, -0.2) is 9.50 Å². The third-order valence-electron chi connectivity index (χ3n) is 4.88. The number of nitrogens with zero attached hydrogens (tertiary/aromatic N) is 6. The highest BCUT2D eigenvalue weighted by Gasteiger charge is 2.26. The van der Waals surface area contributed by atoms with Crippen LogP contribution < -0.4 is 9.64 Å². The van der Waals surface area contributed by atoms with E-state index in [1.807, 2.05) is 45.0 Å². The molecular formula is C20H24N6O2. The molecule has 1 amide bonds. The van der Waals surface area contributed by atoms with Crippen molar-refractivity contribution in [1.82, 2.24) is 24.5 Å². The predicted octanol–water partition coefficient (Wildman–Crippen LogP) is 2.10. The third-order valence-corrected chi connectivity index (χ3v) is 4.88. The van der Waals surface area contributed by atoms with Crippen molar-refractivity contribution in [3.8, 4) is 5.75 Å². The highest BCUT2D eigenvalue weighted by molar-refractivity contribution is 5.91. The van der Waals surface area contributed by atoms with Crippen molar-refractivity contribution in [3.05, 3.63) is 47.5 Å². The predicted molar refractivity (Wildman–Crippen MR) is 106 cm³/mol. The molecule has 28 heavy (non-hydrogen) atoms. The number of fused-ring (bicyclic) bond motifs is 1. The molecule has 0 atom stereocenters. The van der Waals surface area contributed by atoms with Gasteiger partial charge in [0.15, 0.2) is 0 Å². The van der Waals surface area contributed by atoms with Gasteiger partial charge < -0.3 is 14.5 Å². The summed E-state index contributed by atoms with van der Waals surface area (Å²) in [6.07, 6.45) is 0. The van der Waals surface area contributed by atoms with E-state index in [4.69, 9.17) is 4.74 Å². The van der Waals surface area contributed by atoms with Crippen LogP contribution in [0.1, 0.15) is 28.9 Å². The Hall–Kier alpha value is -3.16. The fourth-order valence-electron chi connectivity index (χ4n) is 3.54. The number of anilines is 1. The van der Waals surface area contributed by atoms with Gasteiger partial charge in [-0.3, -0.25) is 4.79 Å². The number of piperazine rings is 1. The van der Waals surface area contributed by atoms with Crippen LogP contribution in [0, 0.1) is 13.8 Å². The number of aromatic nitrogens is 4. The van der Waals surface area contributed by atoms with Gasteiger partial charge in [0, 0.05) is 37.6 Å². The molecule has 2 aromatic heterocycles. The molecule has 0 bridgehead atoms. The molecule has 0 unspecified atom stereocenters. The number of hydrogen-bond donors (Lipinski definition) is 0. The largest absolute Gasteiger partial charge is 0.492 e. The molecule has 146 valence electrons. The lowest BCUT2D eigenvalue weighted by molar-refractivity contribution is 0.0734. The highest BCUT2D eigenvalue weighted by Crippen LogP contribution is 2.28. The molecular weight excluding hydrogens is 356 g/mol. The van der Waals surface area contributed by atoms with Gasteiger partial charge in [0.25, 0.3) is 11.7 Å². The first kappa shape index (κ1) is 18.2. The Morgan fingerprint density at radius 2 is 1.86 bits per heavy atom. The average molecular weight is 380 g/mol. The maximum absolute atomic E-state index is 12.9. The summed E-state index contributed by atoms with van der Waals surface area (Å²) in [6.45, 7) is 9.14. The molecule has 0 aliphatic carbocycles. The van der Waals surface area contributed by atoms with Crippen molar-refractivity contribution in [2.45, 2.75) is 20.8 Å². The van der Waals surface area contributed by atoms with E-state index in [2.05, 4.69) is 26.0 Å². The van der Waals surface area contributed by atoms with E-state index in [0.717, 1.165) is 35.9 Å². The second-order valence-electron chi connectivity index (χ2n) is 6.87. The second kappa shape index (κ2) is 7.46. The SMILES string of the molecule is CCOc1ccccc1N1CCN(C(=O)c2nc3nc(C)cc(C)n3n2)CC1. The van der Waals surface area contributed by atoms with Crippen LogP contribution in [-0.2, 0) is 0 Å². The number of aryl methyl sites for hydroxylation is 2. The number of carbonyl (C=O) groups excluding carboxylic acids is 1. The number of rotatable bonds is 4. The van der Waals surface area contributed by atoms with E-state index in [1.165, 1.54) is 0 Å². The van der Waals surface area contributed by atoms with Crippen LogP contribution in [0.25, 0.3) is 5.78 Å². The second-order valence-corrected chi connectivity index (χ2v) is 6.87. The Morgan fingerprint density at radius 1 is 1.11 bits per heavy atom. The zero-order chi connectivity index (χ0) is 19.7. The van der Waals surface area contributed by atoms with E-state index in [9.17, 15) is 4.79 Å². The molecule has 4 rings (SSSR count). The van der Waals surface area contributed by atoms with Crippen LogP contribution >= 0.6 is 0 Å². The quantitative estimate of drug-likeness (QED) is 0.690. The monoisotopic (exact) mass is 380 g/mol. The first-order chi connectivity index (χ1) is 13.6. The standard InChI is InChI=1S/C20H24N6O2/c1-4-28-17-8-6-5-7-16(17)24-9-11-25(12-10-24)19(27)18-22-20-21-14(2)13-15(3)26(20)23-18/h5-8,13H,4,9-12H2,1-3H3. The van der Waals surface area contributed by atoms with Crippen molar-refractivity contribution in [1.29, 1.82) is 0 Å². The smallest absolute Gasteiger partial charge is 0.293 e. The third kappa shape index (κ3) is 3.37. The van der Waals surface area contributed by atoms with Gasteiger partial charge in [0.05, 0.1) is 12.3 Å². The summed E-state index contributed by atoms with van der Waals surface area (Å²) in [5, 5.41) is 4.36. The van der Waals surface area contributed by atoms with Gasteiger partial charge in [-0.2, -0.15) is 4.98 Å². The van der Waals surface area contributed by atoms with Crippen LogP contribution in [0.2, 0.25) is 0 Å². The summed E-state index contributed by atoms with van der Waals surface area (Å²) in [6, 6.07) is 9.94. The van der Waals surface area contributed by atoms with Crippen molar-refractivity contribution >= 4 is 17.4 Å². The minimum atomic E-state index is -0.153. The molecule has 0 radical (unpaired) electrons. The van der Waals surface area contributed by atoms with E-state index in [0.29, 0.717) is 25.5 Å². The van der Waals surface area contributed by atoms with Crippen molar-refractivity contribution in [3.63, 3.8) is 0 Å². The van der Waals surface area contributed by atoms with Gasteiger partial charge in [-0.15, -0.1) is 5.10 Å². The normalized spacial score (nSPS) is 14.5. The lowest BCUT2D eigenvalue weighted by atomic mass is 10.2. The molecule has 0 spiro atoms. The van der Waals surface area contributed by atoms with Crippen molar-refractivity contribution in [2.75, 3.05) is 37.7 Å². The van der Waals surface area contributed by atoms with Gasteiger partial charge >= 0.3 is 0 Å². The number of amides is 1. The summed E-state index contributed by atoms with van der Waals surface area (Å²) in [5.74, 6) is 1.39. The molecule has 0 N–H and O–H groups in total. The molecule has 3 heterocycles. The van der Waals surface area contributed by atoms with Gasteiger partial charge in [0.1, 0.15) is 5.75 Å². The van der Waals surface area contributed by atoms with E-state index in [-0.39, 0.29) is 11.7 Å². The van der Waals surface area contributed by atoms with Gasteiger partial charge in [-0.05, 0) is 39.0 Å². The molecule has 8 nitrogen and oxygen atoms in total. The highest BCUT2D eigenvalue weighted by atomic mass is 16.5. The van der Waals surface area contributed by atoms with Crippen molar-refractivity contribution < 1.29 is 9.53 Å². The molecule has 3 aromatic rings. The molecule has 8 heteroatoms. The Bertz CT molecular complexity index is 1010. The van der Waals surface area contributed by atoms with Gasteiger partial charge in [-0.1, -0.05) is 12.1 Å². The summed E-state index contributed by atoms with van der Waals surface area (Å²) >= 11 is 0. The Balaban J connectivity index is 1.48. The van der Waals surface area contributed by atoms with Crippen LogP contribution in [0.3, 0.4) is 0 Å².